The van der Waals surface area contributed by atoms with E-state index in [-0.39, 0.29) is 0 Å². The van der Waals surface area contributed by atoms with Crippen LogP contribution < -0.4 is 9.88 Å². The van der Waals surface area contributed by atoms with E-state index >= 15 is 0 Å². The van der Waals surface area contributed by atoms with Gasteiger partial charge in [-0.3, -0.25) is 0 Å². The fourth-order valence-electron chi connectivity index (χ4n) is 2.08. The predicted octanol–water partition coefficient (Wildman–Crippen LogP) is 0.837. The van der Waals surface area contributed by atoms with Crippen molar-refractivity contribution in [2.45, 2.75) is 25.7 Å². The van der Waals surface area contributed by atoms with Crippen LogP contribution in [-0.4, -0.2) is 32.6 Å². The molecule has 1 atom stereocenters. The highest BCUT2D eigenvalue weighted by atomic mass is 32.2. The first-order valence-corrected chi connectivity index (χ1v) is 7.55. The van der Waals surface area contributed by atoms with Crippen molar-refractivity contribution in [3.05, 3.63) is 29.8 Å². The fraction of sp³-hybridized carbons (Fsp3) is 0.500. The van der Waals surface area contributed by atoms with E-state index in [1.54, 1.807) is 7.11 Å². The number of rotatable bonds is 5. The van der Waals surface area contributed by atoms with Crippen molar-refractivity contribution >= 4 is 10.2 Å². The number of hydrogen-bond acceptors (Lipinski definition) is 4. The summed E-state index contributed by atoms with van der Waals surface area (Å²) in [6, 6.07) is 7.44. The third-order valence-corrected chi connectivity index (χ3v) is 4.15. The van der Waals surface area contributed by atoms with E-state index in [9.17, 15) is 8.42 Å². The van der Waals surface area contributed by atoms with E-state index in [4.69, 9.17) is 14.6 Å². The van der Waals surface area contributed by atoms with Crippen molar-refractivity contribution < 1.29 is 17.9 Å². The van der Waals surface area contributed by atoms with Crippen LogP contribution in [0.15, 0.2) is 24.3 Å². The maximum atomic E-state index is 11.3. The lowest BCUT2D eigenvalue weighted by Gasteiger charge is -2.21. The molecule has 0 amide bonds. The van der Waals surface area contributed by atoms with Crippen molar-refractivity contribution in [1.82, 2.24) is 4.31 Å². The summed E-state index contributed by atoms with van der Waals surface area (Å²) in [6.45, 7) is 0.771. The first-order valence-electron chi connectivity index (χ1n) is 6.05. The van der Waals surface area contributed by atoms with Crippen LogP contribution >= 0.6 is 0 Å². The van der Waals surface area contributed by atoms with Gasteiger partial charge in [-0.2, -0.15) is 12.7 Å². The molecule has 6 nitrogen and oxygen atoms in total. The topological polar surface area (TPSA) is 81.9 Å². The monoisotopic (exact) mass is 286 g/mol. The van der Waals surface area contributed by atoms with Crippen LogP contribution in [0.2, 0.25) is 0 Å². The predicted molar refractivity (Wildman–Crippen MR) is 70.6 cm³/mol. The summed E-state index contributed by atoms with van der Waals surface area (Å²) in [5.41, 5.74) is 0.960. The summed E-state index contributed by atoms with van der Waals surface area (Å²) in [6.07, 6.45) is 0.980. The first-order chi connectivity index (χ1) is 9.00. The molecule has 1 aromatic carbocycles. The fourth-order valence-corrected chi connectivity index (χ4v) is 2.96. The highest BCUT2D eigenvalue weighted by molar-refractivity contribution is 7.86. The van der Waals surface area contributed by atoms with Gasteiger partial charge >= 0.3 is 0 Å². The molecule has 1 fully saturated rings. The van der Waals surface area contributed by atoms with Gasteiger partial charge in [0.2, 0.25) is 0 Å². The molecule has 1 saturated heterocycles. The Labute approximate surface area is 113 Å². The number of ether oxygens (including phenoxy) is 2. The lowest BCUT2D eigenvalue weighted by Crippen LogP contribution is -2.41. The van der Waals surface area contributed by atoms with Gasteiger partial charge in [0.1, 0.15) is 12.0 Å². The summed E-state index contributed by atoms with van der Waals surface area (Å²) in [5, 5.41) is 5.14. The van der Waals surface area contributed by atoms with E-state index in [1.165, 1.54) is 4.31 Å². The highest BCUT2D eigenvalue weighted by Crippen LogP contribution is 2.22. The van der Waals surface area contributed by atoms with Crippen LogP contribution in [0.1, 0.15) is 18.4 Å². The third kappa shape index (κ3) is 3.66. The molecule has 2 rings (SSSR count). The summed E-state index contributed by atoms with van der Waals surface area (Å²) in [5.74, 6) is 0.774. The molecule has 19 heavy (non-hydrogen) atoms. The maximum Gasteiger partial charge on any atom is 0.279 e. The summed E-state index contributed by atoms with van der Waals surface area (Å²) in [4.78, 5) is 0. The average molecular weight is 286 g/mol. The summed E-state index contributed by atoms with van der Waals surface area (Å²) >= 11 is 0. The van der Waals surface area contributed by atoms with Gasteiger partial charge in [-0.1, -0.05) is 12.1 Å². The molecule has 0 aliphatic carbocycles. The molecule has 0 radical (unpaired) electrons. The van der Waals surface area contributed by atoms with Crippen molar-refractivity contribution in [1.29, 1.82) is 0 Å². The first kappa shape index (κ1) is 14.3. The van der Waals surface area contributed by atoms with Gasteiger partial charge in [0, 0.05) is 6.54 Å². The van der Waals surface area contributed by atoms with Crippen LogP contribution in [0, 0.1) is 0 Å². The van der Waals surface area contributed by atoms with Crippen molar-refractivity contribution in [3.63, 3.8) is 0 Å². The zero-order valence-electron chi connectivity index (χ0n) is 10.8. The van der Waals surface area contributed by atoms with Crippen LogP contribution in [-0.2, 0) is 21.6 Å². The Morgan fingerprint density at radius 2 is 2.05 bits per heavy atom. The SMILES string of the molecule is COc1ccc(COC2CCCN2S(N)(=O)=O)cc1. The smallest absolute Gasteiger partial charge is 0.279 e. The van der Waals surface area contributed by atoms with Gasteiger partial charge in [0.15, 0.2) is 0 Å². The molecule has 0 aromatic heterocycles. The van der Waals surface area contributed by atoms with E-state index in [0.717, 1.165) is 17.7 Å². The molecule has 106 valence electrons. The van der Waals surface area contributed by atoms with Crippen molar-refractivity contribution in [3.8, 4) is 5.75 Å². The number of methoxy groups -OCH3 is 1. The zero-order chi connectivity index (χ0) is 13.9. The molecule has 0 bridgehead atoms. The molecule has 1 heterocycles. The normalized spacial score (nSPS) is 20.6. The Morgan fingerprint density at radius 3 is 2.63 bits per heavy atom. The van der Waals surface area contributed by atoms with E-state index in [0.29, 0.717) is 19.6 Å². The summed E-state index contributed by atoms with van der Waals surface area (Å²) in [7, 11) is -2.07. The lowest BCUT2D eigenvalue weighted by molar-refractivity contribution is -0.00968. The van der Waals surface area contributed by atoms with E-state index < -0.39 is 16.4 Å². The quantitative estimate of drug-likeness (QED) is 0.869. The minimum absolute atomic E-state index is 0.348. The van der Waals surface area contributed by atoms with Gasteiger partial charge in [-0.25, -0.2) is 5.14 Å². The van der Waals surface area contributed by atoms with Gasteiger partial charge in [-0.05, 0) is 30.5 Å². The molecule has 1 unspecified atom stereocenters. The Bertz CT molecular complexity index is 515. The molecule has 1 aromatic rings. The van der Waals surface area contributed by atoms with E-state index in [2.05, 4.69) is 0 Å². The van der Waals surface area contributed by atoms with Crippen molar-refractivity contribution in [2.24, 2.45) is 5.14 Å². The number of nitrogens with two attached hydrogens (primary N) is 1. The Balaban J connectivity index is 1.94. The van der Waals surface area contributed by atoms with Gasteiger partial charge in [-0.15, -0.1) is 0 Å². The van der Waals surface area contributed by atoms with Crippen molar-refractivity contribution in [2.75, 3.05) is 13.7 Å². The molecular weight excluding hydrogens is 268 g/mol. The second-order valence-electron chi connectivity index (χ2n) is 4.41. The Hall–Kier alpha value is -1.15. The van der Waals surface area contributed by atoms with Gasteiger partial charge in [0.05, 0.1) is 13.7 Å². The summed E-state index contributed by atoms with van der Waals surface area (Å²) < 4.78 is 34.6. The van der Waals surface area contributed by atoms with Gasteiger partial charge in [0.25, 0.3) is 10.2 Å². The lowest BCUT2D eigenvalue weighted by atomic mass is 10.2. The second kappa shape index (κ2) is 5.87. The largest absolute Gasteiger partial charge is 0.497 e. The maximum absolute atomic E-state index is 11.3. The minimum Gasteiger partial charge on any atom is -0.497 e. The highest BCUT2D eigenvalue weighted by Gasteiger charge is 2.32. The van der Waals surface area contributed by atoms with Crippen LogP contribution in [0.5, 0.6) is 5.75 Å². The standard InChI is InChI=1S/C12H18N2O4S/c1-17-11-6-4-10(5-7-11)9-18-12-3-2-8-14(12)19(13,15)16/h4-7,12H,2-3,8-9H2,1H3,(H2,13,15,16). The second-order valence-corrected chi connectivity index (χ2v) is 5.91. The molecule has 0 spiro atoms. The number of benzene rings is 1. The molecule has 0 saturated carbocycles. The van der Waals surface area contributed by atoms with Crippen LogP contribution in [0.4, 0.5) is 0 Å². The molecule has 1 aliphatic rings. The number of nitrogens with zero attached hydrogens (tertiary/aromatic N) is 1. The molecule has 1 aliphatic heterocycles. The van der Waals surface area contributed by atoms with Gasteiger partial charge < -0.3 is 9.47 Å². The zero-order valence-corrected chi connectivity index (χ0v) is 11.6. The average Bonchev–Trinajstić information content (AvgIpc) is 2.85. The van der Waals surface area contributed by atoms with E-state index in [1.807, 2.05) is 24.3 Å². The molecule has 2 N–H and O–H groups in total. The van der Waals surface area contributed by atoms with Crippen LogP contribution in [0.25, 0.3) is 0 Å². The van der Waals surface area contributed by atoms with Crippen LogP contribution in [0.3, 0.4) is 0 Å². The molecular formula is C12H18N2O4S. The Morgan fingerprint density at radius 1 is 1.37 bits per heavy atom. The number of hydrogen-bond donors (Lipinski definition) is 1. The minimum atomic E-state index is -3.68. The molecule has 7 heteroatoms. The Kier molecular flexibility index (Phi) is 4.41. The third-order valence-electron chi connectivity index (χ3n) is 3.08.